The quantitative estimate of drug-likeness (QED) is 0.481. The molecule has 0 aliphatic carbocycles. The normalized spacial score (nSPS) is 30.6. The number of nitrogens with two attached hydrogens (primary N) is 1. The third-order valence-corrected chi connectivity index (χ3v) is 2.20. The zero-order chi connectivity index (χ0) is 6.91. The molecule has 1 heterocycles. The fraction of sp³-hybridized carbons (Fsp3) is 0.250. The fourth-order valence-corrected chi connectivity index (χ4v) is 0.997. The third kappa shape index (κ3) is 1.17. The lowest BCUT2D eigenvalue weighted by Gasteiger charge is -2.03. The summed E-state index contributed by atoms with van der Waals surface area (Å²) in [4.78, 5) is 3.42. The zero-order valence-corrected chi connectivity index (χ0v) is 5.30. The van der Waals surface area contributed by atoms with Gasteiger partial charge in [0.1, 0.15) is 0 Å². The number of nitrogens with zero attached hydrogens (tertiary/aromatic N) is 1. The number of rotatable bonds is 0. The van der Waals surface area contributed by atoms with E-state index in [0.717, 1.165) is 11.6 Å². The molecular weight excluding hydrogens is 140 g/mol. The van der Waals surface area contributed by atoms with Crippen molar-refractivity contribution in [2.75, 3.05) is 0 Å². The molecule has 0 aromatic carbocycles. The molecule has 4 nitrogen and oxygen atoms in total. The van der Waals surface area contributed by atoms with Gasteiger partial charge in [-0.3, -0.25) is 4.99 Å². The second-order valence-electron chi connectivity index (χ2n) is 1.55. The molecule has 1 unspecified atom stereocenters. The van der Waals surface area contributed by atoms with Gasteiger partial charge >= 0.3 is 0 Å². The summed E-state index contributed by atoms with van der Waals surface area (Å²) >= 11 is 0. The molecule has 9 heavy (non-hydrogen) atoms. The molecule has 49 valence electrons. The first-order valence-corrected chi connectivity index (χ1v) is 3.85. The van der Waals surface area contributed by atoms with Gasteiger partial charge in [0, 0.05) is 6.20 Å². The summed E-state index contributed by atoms with van der Waals surface area (Å²) in [6.45, 7) is 0. The van der Waals surface area contributed by atoms with Crippen LogP contribution in [0.5, 0.6) is 0 Å². The minimum absolute atomic E-state index is 0.966. The molecule has 0 spiro atoms. The van der Waals surface area contributed by atoms with E-state index < -0.39 is 15.2 Å². The first-order valence-electron chi connectivity index (χ1n) is 2.24. The monoisotopic (exact) mass is 145 g/mol. The molecule has 1 atom stereocenters. The van der Waals surface area contributed by atoms with Crippen LogP contribution >= 0.6 is 0 Å². The lowest BCUT2D eigenvalue weighted by Crippen LogP contribution is -2.31. The van der Waals surface area contributed by atoms with Gasteiger partial charge in [0.05, 0.1) is 11.6 Å². The van der Waals surface area contributed by atoms with E-state index in [-0.39, 0.29) is 0 Å². The molecule has 0 amide bonds. The van der Waals surface area contributed by atoms with Gasteiger partial charge in [0.2, 0.25) is 0 Å². The van der Waals surface area contributed by atoms with Crippen molar-refractivity contribution in [2.24, 2.45) is 10.7 Å². The van der Waals surface area contributed by atoms with E-state index in [2.05, 4.69) is 11.2 Å². The van der Waals surface area contributed by atoms with E-state index >= 15 is 0 Å². The Morgan fingerprint density at radius 2 is 2.33 bits per heavy atom. The van der Waals surface area contributed by atoms with Crippen molar-refractivity contribution in [2.45, 2.75) is 5.37 Å². The predicted molar refractivity (Wildman–Crippen MR) is 33.5 cm³/mol. The highest BCUT2D eigenvalue weighted by Gasteiger charge is 2.18. The summed E-state index contributed by atoms with van der Waals surface area (Å²) in [5, 5.41) is -0.115. The van der Waals surface area contributed by atoms with E-state index in [1.165, 1.54) is 0 Å². The first kappa shape index (κ1) is 6.44. The van der Waals surface area contributed by atoms with E-state index in [1.807, 2.05) is 0 Å². The van der Waals surface area contributed by atoms with Crippen molar-refractivity contribution >= 4 is 16.1 Å². The Kier molecular flexibility index (Phi) is 1.38. The molecule has 1 aliphatic heterocycles. The van der Waals surface area contributed by atoms with Gasteiger partial charge in [-0.2, -0.15) is 0 Å². The maximum absolute atomic E-state index is 10.6. The lowest BCUT2D eigenvalue weighted by atomic mass is 10.7. The van der Waals surface area contributed by atoms with Gasteiger partial charge in [-0.15, -0.1) is 0 Å². The van der Waals surface area contributed by atoms with Crippen LogP contribution in [0.25, 0.3) is 0 Å². The van der Waals surface area contributed by atoms with Crippen LogP contribution in [-0.2, 0) is 9.84 Å². The molecule has 0 saturated carbocycles. The molecule has 0 aromatic rings. The molecule has 2 N–H and O–H groups in total. The maximum atomic E-state index is 10.6. The summed E-state index contributed by atoms with van der Waals surface area (Å²) < 4.78 is 21.3. The van der Waals surface area contributed by atoms with Gasteiger partial charge in [-0.1, -0.05) is 0 Å². The van der Waals surface area contributed by atoms with Gasteiger partial charge < -0.3 is 5.73 Å². The molecular formula is C4H5N2O2S. The van der Waals surface area contributed by atoms with E-state index in [9.17, 15) is 8.42 Å². The van der Waals surface area contributed by atoms with Crippen LogP contribution < -0.4 is 5.73 Å². The summed E-state index contributed by atoms with van der Waals surface area (Å²) in [6, 6.07) is 0. The van der Waals surface area contributed by atoms with Crippen molar-refractivity contribution in [3.05, 3.63) is 11.6 Å². The Hall–Kier alpha value is -0.680. The Morgan fingerprint density at radius 3 is 2.67 bits per heavy atom. The minimum atomic E-state index is -3.27. The lowest BCUT2D eigenvalue weighted by molar-refractivity contribution is 0.600. The molecule has 0 saturated heterocycles. The van der Waals surface area contributed by atoms with Crippen molar-refractivity contribution in [3.63, 3.8) is 0 Å². The van der Waals surface area contributed by atoms with Gasteiger partial charge in [0.15, 0.2) is 15.2 Å². The van der Waals surface area contributed by atoms with Crippen LogP contribution in [0, 0.1) is 0 Å². The van der Waals surface area contributed by atoms with E-state index in [1.54, 1.807) is 0 Å². The number of hydrogen-bond donors (Lipinski definition) is 1. The molecule has 1 aliphatic rings. The van der Waals surface area contributed by atoms with Gasteiger partial charge in [-0.25, -0.2) is 8.42 Å². The van der Waals surface area contributed by atoms with Crippen LogP contribution in [0.2, 0.25) is 0 Å². The van der Waals surface area contributed by atoms with E-state index in [4.69, 9.17) is 5.73 Å². The summed E-state index contributed by atoms with van der Waals surface area (Å²) in [7, 11) is -3.27. The van der Waals surface area contributed by atoms with Crippen molar-refractivity contribution < 1.29 is 8.42 Å². The van der Waals surface area contributed by atoms with Crippen LogP contribution in [0.3, 0.4) is 0 Å². The molecule has 0 fully saturated rings. The van der Waals surface area contributed by atoms with Crippen LogP contribution in [0.15, 0.2) is 16.6 Å². The van der Waals surface area contributed by atoms with Crippen LogP contribution in [0.4, 0.5) is 0 Å². The van der Waals surface area contributed by atoms with Crippen LogP contribution in [-0.4, -0.2) is 20.0 Å². The number of hydrogen-bond acceptors (Lipinski definition) is 4. The first-order chi connectivity index (χ1) is 4.13. The third-order valence-electron chi connectivity index (χ3n) is 0.881. The van der Waals surface area contributed by atoms with Crippen molar-refractivity contribution in [3.8, 4) is 0 Å². The molecule has 0 aromatic heterocycles. The number of aliphatic imine (C=N–C) groups is 1. The molecule has 1 rings (SSSR count). The average molecular weight is 145 g/mol. The average Bonchev–Trinajstić information content (AvgIpc) is 1.77. The molecule has 5 heteroatoms. The van der Waals surface area contributed by atoms with Gasteiger partial charge in [0.25, 0.3) is 0 Å². The smallest absolute Gasteiger partial charge is 0.194 e. The standard InChI is InChI=1S/C4H5N2O2S/c5-4-3-6-1-2-9(4,7)8/h1-2,4H,5H2. The van der Waals surface area contributed by atoms with Gasteiger partial charge in [-0.05, 0) is 0 Å². The highest BCUT2D eigenvalue weighted by Crippen LogP contribution is 2.00. The maximum Gasteiger partial charge on any atom is 0.194 e. The SMILES string of the molecule is NC1[C]=NC=CS1(=O)=O. The Morgan fingerprint density at radius 1 is 1.67 bits per heavy atom. The van der Waals surface area contributed by atoms with Crippen molar-refractivity contribution in [1.82, 2.24) is 0 Å². The zero-order valence-electron chi connectivity index (χ0n) is 4.48. The van der Waals surface area contributed by atoms with Crippen LogP contribution in [0.1, 0.15) is 0 Å². The van der Waals surface area contributed by atoms with Crippen molar-refractivity contribution in [1.29, 1.82) is 0 Å². The van der Waals surface area contributed by atoms with E-state index in [0.29, 0.717) is 0 Å². The largest absolute Gasteiger partial charge is 0.310 e. The summed E-state index contributed by atoms with van der Waals surface area (Å²) in [5.74, 6) is 0. The number of sulfone groups is 1. The highest BCUT2D eigenvalue weighted by atomic mass is 32.2. The Labute approximate surface area is 53.0 Å². The summed E-state index contributed by atoms with van der Waals surface area (Å²) in [5.41, 5.74) is 5.07. The topological polar surface area (TPSA) is 72.5 Å². The Bertz CT molecular complexity index is 252. The minimum Gasteiger partial charge on any atom is -0.310 e. The Balaban J connectivity index is 3.06. The second kappa shape index (κ2) is 1.93. The fourth-order valence-electron chi connectivity index (χ4n) is 0.390. The highest BCUT2D eigenvalue weighted by molar-refractivity contribution is 7.95. The molecule has 1 radical (unpaired) electrons. The predicted octanol–water partition coefficient (Wildman–Crippen LogP) is -0.881. The summed E-state index contributed by atoms with van der Waals surface area (Å²) in [6.07, 6.45) is 3.35. The second-order valence-corrected chi connectivity index (χ2v) is 3.51. The molecule has 0 bridgehead atoms.